The fourth-order valence-corrected chi connectivity index (χ4v) is 3.77. The molecule has 4 nitrogen and oxygen atoms in total. The molecule has 1 aliphatic heterocycles. The van der Waals surface area contributed by atoms with Crippen LogP contribution in [0, 0.1) is 17.8 Å². The molecular formula is C13H20O4. The van der Waals surface area contributed by atoms with Gasteiger partial charge in [0.25, 0.3) is 0 Å². The van der Waals surface area contributed by atoms with E-state index in [1.165, 1.54) is 0 Å². The van der Waals surface area contributed by atoms with Crippen LogP contribution in [0.4, 0.5) is 0 Å². The maximum absolute atomic E-state index is 11.9. The lowest BCUT2D eigenvalue weighted by Crippen LogP contribution is -2.53. The highest BCUT2D eigenvalue weighted by Gasteiger charge is 2.56. The number of ether oxygens (including phenoxy) is 3. The fourth-order valence-electron chi connectivity index (χ4n) is 3.77. The van der Waals surface area contributed by atoms with Gasteiger partial charge in [0, 0.05) is 12.3 Å². The largest absolute Gasteiger partial charge is 0.466 e. The molecule has 2 bridgehead atoms. The molecule has 0 N–H and O–H groups in total. The van der Waals surface area contributed by atoms with E-state index in [2.05, 4.69) is 0 Å². The summed E-state index contributed by atoms with van der Waals surface area (Å²) in [5.41, 5.74) is 0. The molecule has 1 spiro atoms. The average molecular weight is 240 g/mol. The zero-order valence-corrected chi connectivity index (χ0v) is 10.3. The highest BCUT2D eigenvalue weighted by molar-refractivity contribution is 5.73. The molecule has 0 aromatic heterocycles. The van der Waals surface area contributed by atoms with Gasteiger partial charge >= 0.3 is 5.97 Å². The molecule has 3 saturated carbocycles. The standard InChI is InChI=1S/C13H20O4/c1-2-15-12(14)11-7-10-4-3-9(11)8-13(10)16-5-6-17-13/h9-11H,2-8H2,1H3/t9-,10-,11-/m1/s1. The molecule has 0 unspecified atom stereocenters. The second kappa shape index (κ2) is 4.25. The van der Waals surface area contributed by atoms with Crippen LogP contribution in [0.5, 0.6) is 0 Å². The van der Waals surface area contributed by atoms with Crippen LogP contribution in [0.1, 0.15) is 32.6 Å². The Morgan fingerprint density at radius 1 is 1.35 bits per heavy atom. The van der Waals surface area contributed by atoms with Crippen molar-refractivity contribution in [2.75, 3.05) is 19.8 Å². The van der Waals surface area contributed by atoms with Gasteiger partial charge in [-0.25, -0.2) is 0 Å². The lowest BCUT2D eigenvalue weighted by atomic mass is 9.61. The Hall–Kier alpha value is -0.610. The summed E-state index contributed by atoms with van der Waals surface area (Å²) in [6.45, 7) is 3.75. The van der Waals surface area contributed by atoms with Gasteiger partial charge in [-0.15, -0.1) is 0 Å². The van der Waals surface area contributed by atoms with Crippen LogP contribution in [-0.2, 0) is 19.0 Å². The van der Waals surface area contributed by atoms with Crippen molar-refractivity contribution in [3.63, 3.8) is 0 Å². The normalized spacial score (nSPS) is 38.5. The zero-order chi connectivity index (χ0) is 11.9. The maximum atomic E-state index is 11.9. The Morgan fingerprint density at radius 3 is 2.71 bits per heavy atom. The number of hydrogen-bond acceptors (Lipinski definition) is 4. The van der Waals surface area contributed by atoms with E-state index in [0.717, 1.165) is 25.7 Å². The third kappa shape index (κ3) is 1.78. The van der Waals surface area contributed by atoms with Gasteiger partial charge in [-0.2, -0.15) is 0 Å². The predicted molar refractivity (Wildman–Crippen MR) is 60.2 cm³/mol. The Labute approximate surface area is 102 Å². The van der Waals surface area contributed by atoms with E-state index in [9.17, 15) is 4.79 Å². The predicted octanol–water partition coefficient (Wildman–Crippen LogP) is 1.73. The van der Waals surface area contributed by atoms with E-state index in [0.29, 0.717) is 31.7 Å². The van der Waals surface area contributed by atoms with Gasteiger partial charge < -0.3 is 14.2 Å². The van der Waals surface area contributed by atoms with E-state index >= 15 is 0 Å². The monoisotopic (exact) mass is 240 g/mol. The molecule has 17 heavy (non-hydrogen) atoms. The van der Waals surface area contributed by atoms with E-state index < -0.39 is 0 Å². The first-order valence-corrected chi connectivity index (χ1v) is 6.70. The molecular weight excluding hydrogens is 220 g/mol. The van der Waals surface area contributed by atoms with Gasteiger partial charge in [0.05, 0.1) is 25.7 Å². The SMILES string of the molecule is CCOC(=O)[C@@H]1C[C@H]2CC[C@@H]1CC21OCCO1. The Kier molecular flexibility index (Phi) is 2.87. The topological polar surface area (TPSA) is 44.8 Å². The molecule has 0 aromatic rings. The highest BCUT2D eigenvalue weighted by atomic mass is 16.7. The van der Waals surface area contributed by atoms with Crippen LogP contribution in [0.15, 0.2) is 0 Å². The van der Waals surface area contributed by atoms with E-state index in [1.54, 1.807) is 0 Å². The minimum Gasteiger partial charge on any atom is -0.466 e. The number of carbonyl (C=O) groups is 1. The third-order valence-corrected chi connectivity index (χ3v) is 4.53. The van der Waals surface area contributed by atoms with Crippen LogP contribution in [0.25, 0.3) is 0 Å². The van der Waals surface area contributed by atoms with Crippen LogP contribution in [-0.4, -0.2) is 31.6 Å². The summed E-state index contributed by atoms with van der Waals surface area (Å²) in [7, 11) is 0. The molecule has 1 heterocycles. The van der Waals surface area contributed by atoms with Gasteiger partial charge in [-0.05, 0) is 32.1 Å². The highest BCUT2D eigenvalue weighted by Crippen LogP contribution is 2.53. The van der Waals surface area contributed by atoms with Crippen molar-refractivity contribution in [2.24, 2.45) is 17.8 Å². The van der Waals surface area contributed by atoms with E-state index in [1.807, 2.05) is 6.92 Å². The number of carbonyl (C=O) groups excluding carboxylic acids is 1. The minimum atomic E-state index is -0.355. The van der Waals surface area contributed by atoms with Gasteiger partial charge in [0.2, 0.25) is 0 Å². The molecule has 4 heteroatoms. The lowest BCUT2D eigenvalue weighted by molar-refractivity contribution is -0.250. The third-order valence-electron chi connectivity index (χ3n) is 4.53. The summed E-state index contributed by atoms with van der Waals surface area (Å²) in [5.74, 6) is 0.468. The smallest absolute Gasteiger partial charge is 0.309 e. The maximum Gasteiger partial charge on any atom is 0.309 e. The number of hydrogen-bond donors (Lipinski definition) is 0. The Bertz CT molecular complexity index is 309. The first-order chi connectivity index (χ1) is 8.25. The Balaban J connectivity index is 1.73. The van der Waals surface area contributed by atoms with Crippen LogP contribution < -0.4 is 0 Å². The summed E-state index contributed by atoms with van der Waals surface area (Å²) in [5, 5.41) is 0. The number of rotatable bonds is 2. The van der Waals surface area contributed by atoms with Gasteiger partial charge in [0.15, 0.2) is 5.79 Å². The fraction of sp³-hybridized carbons (Fsp3) is 0.923. The van der Waals surface area contributed by atoms with Crippen molar-refractivity contribution in [1.29, 1.82) is 0 Å². The average Bonchev–Trinajstić information content (AvgIpc) is 2.79. The molecule has 0 amide bonds. The molecule has 4 fully saturated rings. The minimum absolute atomic E-state index is 0.0185. The summed E-state index contributed by atoms with van der Waals surface area (Å²) in [4.78, 5) is 11.9. The zero-order valence-electron chi connectivity index (χ0n) is 10.3. The molecule has 3 atom stereocenters. The quantitative estimate of drug-likeness (QED) is 0.689. The van der Waals surface area contributed by atoms with Crippen molar-refractivity contribution in [3.8, 4) is 0 Å². The summed E-state index contributed by atoms with van der Waals surface area (Å²) >= 11 is 0. The van der Waals surface area contributed by atoms with Crippen LogP contribution in [0.2, 0.25) is 0 Å². The Morgan fingerprint density at radius 2 is 2.12 bits per heavy atom. The second-order valence-electron chi connectivity index (χ2n) is 5.34. The second-order valence-corrected chi connectivity index (χ2v) is 5.34. The molecule has 1 saturated heterocycles. The van der Waals surface area contributed by atoms with Crippen LogP contribution in [0.3, 0.4) is 0 Å². The van der Waals surface area contributed by atoms with Crippen molar-refractivity contribution in [1.82, 2.24) is 0 Å². The number of esters is 1. The molecule has 0 aromatic carbocycles. The van der Waals surface area contributed by atoms with E-state index in [-0.39, 0.29) is 17.7 Å². The first-order valence-electron chi connectivity index (χ1n) is 6.70. The van der Waals surface area contributed by atoms with Gasteiger partial charge in [0.1, 0.15) is 0 Å². The van der Waals surface area contributed by atoms with Gasteiger partial charge in [-0.3, -0.25) is 4.79 Å². The number of fused-ring (bicyclic) bond motifs is 2. The first kappa shape index (κ1) is 11.5. The molecule has 4 rings (SSSR count). The van der Waals surface area contributed by atoms with Crippen molar-refractivity contribution >= 4 is 5.97 Å². The summed E-state index contributed by atoms with van der Waals surface area (Å²) in [6, 6.07) is 0. The van der Waals surface area contributed by atoms with E-state index in [4.69, 9.17) is 14.2 Å². The van der Waals surface area contributed by atoms with Crippen molar-refractivity contribution < 1.29 is 19.0 Å². The van der Waals surface area contributed by atoms with Crippen LogP contribution >= 0.6 is 0 Å². The van der Waals surface area contributed by atoms with Crippen molar-refractivity contribution in [2.45, 2.75) is 38.4 Å². The summed E-state index contributed by atoms with van der Waals surface area (Å²) < 4.78 is 16.8. The molecule has 4 aliphatic rings. The molecule has 0 radical (unpaired) electrons. The van der Waals surface area contributed by atoms with Crippen molar-refractivity contribution in [3.05, 3.63) is 0 Å². The molecule has 96 valence electrons. The lowest BCUT2D eigenvalue weighted by Gasteiger charge is -2.50. The van der Waals surface area contributed by atoms with Gasteiger partial charge in [-0.1, -0.05) is 0 Å². The molecule has 3 aliphatic carbocycles. The summed E-state index contributed by atoms with van der Waals surface area (Å²) in [6.07, 6.45) is 3.99.